The van der Waals surface area contributed by atoms with E-state index in [9.17, 15) is 13.2 Å². The lowest BCUT2D eigenvalue weighted by atomic mass is 10.2. The molecule has 0 aliphatic carbocycles. The zero-order valence-electron chi connectivity index (χ0n) is 12.5. The number of nitrogens with one attached hydrogen (secondary N) is 1. The molecule has 1 N–H and O–H groups in total. The van der Waals surface area contributed by atoms with Gasteiger partial charge in [-0.1, -0.05) is 25.4 Å². The second kappa shape index (κ2) is 7.77. The molecule has 0 saturated carbocycles. The average molecular weight is 333 g/mol. The predicted octanol–water partition coefficient (Wildman–Crippen LogP) is 2.27. The minimum absolute atomic E-state index is 0.0226. The van der Waals surface area contributed by atoms with Crippen molar-refractivity contribution in [1.29, 1.82) is 0 Å². The molecule has 0 bridgehead atoms. The number of amides is 1. The molecule has 0 aromatic heterocycles. The first kappa shape index (κ1) is 17.9. The summed E-state index contributed by atoms with van der Waals surface area (Å²) in [7, 11) is -3.69. The minimum Gasteiger partial charge on any atom is -0.353 e. The fourth-order valence-corrected chi connectivity index (χ4v) is 3.24. The lowest BCUT2D eigenvalue weighted by Crippen LogP contribution is -2.43. The number of hydrogen-bond acceptors (Lipinski definition) is 3. The molecule has 21 heavy (non-hydrogen) atoms. The summed E-state index contributed by atoms with van der Waals surface area (Å²) in [5.41, 5.74) is 0. The molecule has 1 atom stereocenters. The van der Waals surface area contributed by atoms with Gasteiger partial charge in [0, 0.05) is 17.6 Å². The van der Waals surface area contributed by atoms with Crippen LogP contribution in [-0.2, 0) is 14.8 Å². The zero-order chi connectivity index (χ0) is 16.0. The number of sulfonamides is 1. The summed E-state index contributed by atoms with van der Waals surface area (Å²) >= 11 is 5.76. The van der Waals surface area contributed by atoms with Crippen molar-refractivity contribution in [2.75, 3.05) is 13.1 Å². The normalized spacial score (nSPS) is 13.2. The fraction of sp³-hybridized carbons (Fsp3) is 0.500. The van der Waals surface area contributed by atoms with E-state index in [1.165, 1.54) is 24.3 Å². The van der Waals surface area contributed by atoms with Crippen LogP contribution in [0.1, 0.15) is 27.2 Å². The molecule has 0 saturated heterocycles. The molecule has 1 aromatic carbocycles. The van der Waals surface area contributed by atoms with Crippen LogP contribution in [-0.4, -0.2) is 37.8 Å². The van der Waals surface area contributed by atoms with E-state index >= 15 is 0 Å². The number of halogens is 1. The van der Waals surface area contributed by atoms with Gasteiger partial charge in [-0.15, -0.1) is 0 Å². The van der Waals surface area contributed by atoms with E-state index < -0.39 is 10.0 Å². The van der Waals surface area contributed by atoms with Gasteiger partial charge in [-0.25, -0.2) is 8.42 Å². The van der Waals surface area contributed by atoms with Crippen LogP contribution in [0.3, 0.4) is 0 Å². The third kappa shape index (κ3) is 4.98. The molecule has 0 unspecified atom stereocenters. The van der Waals surface area contributed by atoms with Gasteiger partial charge in [0.1, 0.15) is 0 Å². The van der Waals surface area contributed by atoms with Crippen molar-refractivity contribution in [2.24, 2.45) is 0 Å². The SMILES string of the molecule is CC[C@@H](C)NC(=O)CN(CC)S(=O)(=O)c1ccc(Cl)cc1. The number of likely N-dealkylation sites (N-methyl/N-ethyl adjacent to an activating group) is 1. The van der Waals surface area contributed by atoms with Gasteiger partial charge in [-0.3, -0.25) is 4.79 Å². The van der Waals surface area contributed by atoms with Crippen molar-refractivity contribution in [3.05, 3.63) is 29.3 Å². The molecule has 1 rings (SSSR count). The molecule has 0 radical (unpaired) electrons. The first-order chi connectivity index (χ1) is 9.81. The first-order valence-electron chi connectivity index (χ1n) is 6.86. The lowest BCUT2D eigenvalue weighted by Gasteiger charge is -2.21. The van der Waals surface area contributed by atoms with Crippen molar-refractivity contribution >= 4 is 27.5 Å². The molecule has 118 valence electrons. The van der Waals surface area contributed by atoms with Crippen LogP contribution >= 0.6 is 11.6 Å². The van der Waals surface area contributed by atoms with Crippen LogP contribution in [0.4, 0.5) is 0 Å². The van der Waals surface area contributed by atoms with Crippen LogP contribution in [0.15, 0.2) is 29.2 Å². The highest BCUT2D eigenvalue weighted by atomic mass is 35.5. The number of carbonyl (C=O) groups excluding carboxylic acids is 1. The summed E-state index contributed by atoms with van der Waals surface area (Å²) in [6, 6.07) is 5.93. The van der Waals surface area contributed by atoms with Crippen molar-refractivity contribution in [3.63, 3.8) is 0 Å². The Hall–Kier alpha value is -1.11. The molecular weight excluding hydrogens is 312 g/mol. The number of benzene rings is 1. The van der Waals surface area contributed by atoms with Crippen LogP contribution in [0.2, 0.25) is 5.02 Å². The zero-order valence-corrected chi connectivity index (χ0v) is 14.0. The van der Waals surface area contributed by atoms with E-state index in [0.717, 1.165) is 10.7 Å². The van der Waals surface area contributed by atoms with Crippen molar-refractivity contribution in [3.8, 4) is 0 Å². The number of nitrogens with zero attached hydrogens (tertiary/aromatic N) is 1. The molecule has 0 heterocycles. The second-order valence-corrected chi connectivity index (χ2v) is 7.14. The maximum atomic E-state index is 12.5. The van der Waals surface area contributed by atoms with Gasteiger partial charge in [0.15, 0.2) is 0 Å². The Morgan fingerprint density at radius 3 is 2.33 bits per heavy atom. The second-order valence-electron chi connectivity index (χ2n) is 4.76. The fourth-order valence-electron chi connectivity index (χ4n) is 1.71. The van der Waals surface area contributed by atoms with Crippen molar-refractivity contribution < 1.29 is 13.2 Å². The molecule has 0 aliphatic rings. The van der Waals surface area contributed by atoms with E-state index in [0.29, 0.717) is 5.02 Å². The van der Waals surface area contributed by atoms with Gasteiger partial charge in [-0.2, -0.15) is 4.31 Å². The number of hydrogen-bond donors (Lipinski definition) is 1. The quantitative estimate of drug-likeness (QED) is 0.833. The van der Waals surface area contributed by atoms with Crippen LogP contribution in [0.5, 0.6) is 0 Å². The van der Waals surface area contributed by atoms with Gasteiger partial charge in [0.25, 0.3) is 0 Å². The Labute approximate surface area is 131 Å². The Bertz CT molecular complexity index is 572. The molecule has 1 aromatic rings. The highest BCUT2D eigenvalue weighted by molar-refractivity contribution is 7.89. The van der Waals surface area contributed by atoms with E-state index in [1.54, 1.807) is 6.92 Å². The summed E-state index contributed by atoms with van der Waals surface area (Å²) in [5, 5.41) is 3.23. The van der Waals surface area contributed by atoms with Crippen molar-refractivity contribution in [1.82, 2.24) is 9.62 Å². The van der Waals surface area contributed by atoms with E-state index in [-0.39, 0.29) is 29.9 Å². The maximum absolute atomic E-state index is 12.5. The van der Waals surface area contributed by atoms with E-state index in [1.807, 2.05) is 13.8 Å². The third-order valence-electron chi connectivity index (χ3n) is 3.14. The Kier molecular flexibility index (Phi) is 6.64. The van der Waals surface area contributed by atoms with Crippen LogP contribution in [0, 0.1) is 0 Å². The lowest BCUT2D eigenvalue weighted by molar-refractivity contribution is -0.121. The van der Waals surface area contributed by atoms with Gasteiger partial charge in [0.05, 0.1) is 11.4 Å². The topological polar surface area (TPSA) is 66.5 Å². The Balaban J connectivity index is 2.88. The molecule has 7 heteroatoms. The molecular formula is C14H21ClN2O3S. The molecule has 0 spiro atoms. The van der Waals surface area contributed by atoms with Gasteiger partial charge in [0.2, 0.25) is 15.9 Å². The smallest absolute Gasteiger partial charge is 0.243 e. The van der Waals surface area contributed by atoms with E-state index in [4.69, 9.17) is 11.6 Å². The largest absolute Gasteiger partial charge is 0.353 e. The minimum atomic E-state index is -3.69. The Morgan fingerprint density at radius 2 is 1.86 bits per heavy atom. The first-order valence-corrected chi connectivity index (χ1v) is 8.68. The van der Waals surface area contributed by atoms with Crippen LogP contribution in [0.25, 0.3) is 0 Å². The predicted molar refractivity (Wildman–Crippen MR) is 83.8 cm³/mol. The molecule has 0 fully saturated rings. The molecule has 5 nitrogen and oxygen atoms in total. The van der Waals surface area contributed by atoms with Gasteiger partial charge >= 0.3 is 0 Å². The highest BCUT2D eigenvalue weighted by Crippen LogP contribution is 2.18. The molecule has 0 aliphatic heterocycles. The maximum Gasteiger partial charge on any atom is 0.243 e. The van der Waals surface area contributed by atoms with E-state index in [2.05, 4.69) is 5.32 Å². The van der Waals surface area contributed by atoms with Crippen LogP contribution < -0.4 is 5.32 Å². The number of rotatable bonds is 7. The van der Waals surface area contributed by atoms with Crippen molar-refractivity contribution in [2.45, 2.75) is 38.1 Å². The van der Waals surface area contributed by atoms with Gasteiger partial charge < -0.3 is 5.32 Å². The van der Waals surface area contributed by atoms with Gasteiger partial charge in [-0.05, 0) is 37.6 Å². The monoisotopic (exact) mass is 332 g/mol. The summed E-state index contributed by atoms with van der Waals surface area (Å²) in [5.74, 6) is -0.302. The molecule has 1 amide bonds. The standard InChI is InChI=1S/C14H21ClN2O3S/c1-4-11(3)16-14(18)10-17(5-2)21(19,20)13-8-6-12(15)7-9-13/h6-9,11H,4-5,10H2,1-3H3,(H,16,18)/t11-/m1/s1. The highest BCUT2D eigenvalue weighted by Gasteiger charge is 2.25. The Morgan fingerprint density at radius 1 is 1.29 bits per heavy atom. The number of carbonyl (C=O) groups is 1. The average Bonchev–Trinajstić information content (AvgIpc) is 2.44. The summed E-state index contributed by atoms with van der Waals surface area (Å²) in [6.07, 6.45) is 0.793. The summed E-state index contributed by atoms with van der Waals surface area (Å²) in [6.45, 7) is 5.56. The summed E-state index contributed by atoms with van der Waals surface area (Å²) in [4.78, 5) is 12.0. The third-order valence-corrected chi connectivity index (χ3v) is 5.33. The summed E-state index contributed by atoms with van der Waals surface area (Å²) < 4.78 is 26.1.